The Labute approximate surface area is 189 Å². The summed E-state index contributed by atoms with van der Waals surface area (Å²) in [5.74, 6) is -0.0978. The molecule has 168 valence electrons. The van der Waals surface area contributed by atoms with Crippen LogP contribution in [0.5, 0.6) is 0 Å². The molecule has 4 aromatic rings. The number of halogens is 3. The SMILES string of the molecule is CC(C)(C)c1ccc2[nH]c3c(c2c1)CC(=O)Nc1ccc(-c2ccc(C(F)(F)F)cc2)cc1-3. The van der Waals surface area contributed by atoms with Crippen molar-refractivity contribution >= 4 is 22.5 Å². The Morgan fingerprint density at radius 2 is 1.48 bits per heavy atom. The smallest absolute Gasteiger partial charge is 0.354 e. The summed E-state index contributed by atoms with van der Waals surface area (Å²) in [5.41, 5.74) is 6.16. The van der Waals surface area contributed by atoms with Gasteiger partial charge < -0.3 is 10.3 Å². The monoisotopic (exact) mass is 448 g/mol. The Hall–Kier alpha value is -3.54. The lowest BCUT2D eigenvalue weighted by atomic mass is 9.86. The average molecular weight is 448 g/mol. The van der Waals surface area contributed by atoms with Gasteiger partial charge in [0.25, 0.3) is 0 Å². The van der Waals surface area contributed by atoms with Gasteiger partial charge in [-0.25, -0.2) is 0 Å². The Morgan fingerprint density at radius 3 is 2.15 bits per heavy atom. The van der Waals surface area contributed by atoms with E-state index in [2.05, 4.69) is 43.2 Å². The molecule has 0 fully saturated rings. The lowest BCUT2D eigenvalue weighted by molar-refractivity contribution is -0.137. The van der Waals surface area contributed by atoms with Crippen molar-refractivity contribution in [3.63, 3.8) is 0 Å². The summed E-state index contributed by atoms with van der Waals surface area (Å²) < 4.78 is 38.9. The van der Waals surface area contributed by atoms with Gasteiger partial charge in [-0.1, -0.05) is 45.0 Å². The van der Waals surface area contributed by atoms with Crippen LogP contribution in [0.1, 0.15) is 37.5 Å². The van der Waals surface area contributed by atoms with E-state index >= 15 is 0 Å². The van der Waals surface area contributed by atoms with Crippen molar-refractivity contribution in [2.24, 2.45) is 0 Å². The summed E-state index contributed by atoms with van der Waals surface area (Å²) in [6, 6.07) is 16.9. The Bertz CT molecular complexity index is 1390. The molecule has 0 unspecified atom stereocenters. The minimum atomic E-state index is -4.37. The van der Waals surface area contributed by atoms with Crippen LogP contribution in [-0.2, 0) is 22.8 Å². The summed E-state index contributed by atoms with van der Waals surface area (Å²) in [7, 11) is 0. The highest BCUT2D eigenvalue weighted by atomic mass is 19.4. The Kier molecular flexibility index (Phi) is 4.67. The molecule has 1 aromatic heterocycles. The molecule has 2 heterocycles. The van der Waals surface area contributed by atoms with E-state index in [-0.39, 0.29) is 17.7 Å². The second-order valence-corrected chi connectivity index (χ2v) is 9.55. The maximum Gasteiger partial charge on any atom is 0.416 e. The fourth-order valence-corrected chi connectivity index (χ4v) is 4.37. The van der Waals surface area contributed by atoms with Crippen molar-refractivity contribution in [1.82, 2.24) is 4.98 Å². The Balaban J connectivity index is 1.66. The van der Waals surface area contributed by atoms with Gasteiger partial charge in [0.2, 0.25) is 5.91 Å². The summed E-state index contributed by atoms with van der Waals surface area (Å²) in [5, 5.41) is 3.98. The molecule has 2 N–H and O–H groups in total. The number of aromatic nitrogens is 1. The molecule has 0 bridgehead atoms. The summed E-state index contributed by atoms with van der Waals surface area (Å²) in [6.07, 6.45) is -4.13. The fraction of sp³-hybridized carbons (Fsp3) is 0.222. The minimum absolute atomic E-state index is 0.0288. The van der Waals surface area contributed by atoms with Crippen LogP contribution in [0.3, 0.4) is 0 Å². The third-order valence-corrected chi connectivity index (χ3v) is 6.22. The van der Waals surface area contributed by atoms with Gasteiger partial charge >= 0.3 is 6.18 Å². The highest BCUT2D eigenvalue weighted by Crippen LogP contribution is 2.41. The summed E-state index contributed by atoms with van der Waals surface area (Å²) in [4.78, 5) is 16.2. The van der Waals surface area contributed by atoms with E-state index in [0.29, 0.717) is 11.3 Å². The van der Waals surface area contributed by atoms with E-state index in [0.717, 1.165) is 45.4 Å². The summed E-state index contributed by atoms with van der Waals surface area (Å²) >= 11 is 0. The molecule has 0 saturated heterocycles. The minimum Gasteiger partial charge on any atom is -0.354 e. The number of alkyl halides is 3. The molecule has 33 heavy (non-hydrogen) atoms. The van der Waals surface area contributed by atoms with Crippen LogP contribution >= 0.6 is 0 Å². The van der Waals surface area contributed by atoms with Crippen molar-refractivity contribution in [2.75, 3.05) is 5.32 Å². The van der Waals surface area contributed by atoms with Gasteiger partial charge in [-0.2, -0.15) is 13.2 Å². The number of carbonyl (C=O) groups is 1. The average Bonchev–Trinajstić information content (AvgIpc) is 3.03. The first-order chi connectivity index (χ1) is 15.5. The summed E-state index contributed by atoms with van der Waals surface area (Å²) in [6.45, 7) is 6.45. The maximum absolute atomic E-state index is 13.0. The third kappa shape index (κ3) is 3.80. The molecular weight excluding hydrogens is 425 g/mol. The van der Waals surface area contributed by atoms with Crippen LogP contribution in [0.25, 0.3) is 33.3 Å². The van der Waals surface area contributed by atoms with Gasteiger partial charge in [0.05, 0.1) is 23.4 Å². The van der Waals surface area contributed by atoms with Gasteiger partial charge in [0.15, 0.2) is 0 Å². The number of amides is 1. The van der Waals surface area contributed by atoms with Crippen LogP contribution in [-0.4, -0.2) is 10.9 Å². The topological polar surface area (TPSA) is 44.9 Å². The van der Waals surface area contributed by atoms with E-state index in [9.17, 15) is 18.0 Å². The number of anilines is 1. The predicted molar refractivity (Wildman–Crippen MR) is 125 cm³/mol. The number of aromatic amines is 1. The second kappa shape index (κ2) is 7.24. The van der Waals surface area contributed by atoms with Crippen molar-refractivity contribution in [2.45, 2.75) is 38.8 Å². The zero-order valence-electron chi connectivity index (χ0n) is 18.5. The van der Waals surface area contributed by atoms with Gasteiger partial charge in [-0.15, -0.1) is 0 Å². The zero-order valence-corrected chi connectivity index (χ0v) is 18.5. The van der Waals surface area contributed by atoms with Crippen LogP contribution in [0.4, 0.5) is 18.9 Å². The van der Waals surface area contributed by atoms with Crippen LogP contribution < -0.4 is 5.32 Å². The number of rotatable bonds is 1. The van der Waals surface area contributed by atoms with Crippen LogP contribution in [0.15, 0.2) is 60.7 Å². The Morgan fingerprint density at radius 1 is 0.818 bits per heavy atom. The van der Waals surface area contributed by atoms with Crippen LogP contribution in [0, 0.1) is 0 Å². The molecule has 0 radical (unpaired) electrons. The molecule has 0 aliphatic carbocycles. The van der Waals surface area contributed by atoms with E-state index < -0.39 is 11.7 Å². The number of benzene rings is 3. The highest BCUT2D eigenvalue weighted by Gasteiger charge is 2.30. The molecule has 3 aromatic carbocycles. The molecule has 0 atom stereocenters. The molecule has 3 nitrogen and oxygen atoms in total. The molecule has 5 rings (SSSR count). The maximum atomic E-state index is 13.0. The number of carbonyl (C=O) groups excluding carboxylic acids is 1. The van der Waals surface area contributed by atoms with E-state index in [1.807, 2.05) is 18.2 Å². The largest absolute Gasteiger partial charge is 0.416 e. The van der Waals surface area contributed by atoms with Crippen molar-refractivity contribution in [3.05, 3.63) is 77.4 Å². The molecule has 0 saturated carbocycles. The lowest BCUT2D eigenvalue weighted by Crippen LogP contribution is -2.13. The number of H-pyrrole nitrogens is 1. The fourth-order valence-electron chi connectivity index (χ4n) is 4.37. The first-order valence-electron chi connectivity index (χ1n) is 10.8. The van der Waals surface area contributed by atoms with Gasteiger partial charge in [0, 0.05) is 16.5 Å². The van der Waals surface area contributed by atoms with E-state index in [1.165, 1.54) is 17.7 Å². The van der Waals surface area contributed by atoms with Crippen LogP contribution in [0.2, 0.25) is 0 Å². The highest BCUT2D eigenvalue weighted by molar-refractivity contribution is 6.06. The van der Waals surface area contributed by atoms with E-state index in [1.54, 1.807) is 6.07 Å². The molecule has 1 aliphatic rings. The van der Waals surface area contributed by atoms with Gasteiger partial charge in [-0.05, 0) is 64.1 Å². The van der Waals surface area contributed by atoms with E-state index in [4.69, 9.17) is 0 Å². The van der Waals surface area contributed by atoms with Gasteiger partial charge in [0.1, 0.15) is 0 Å². The lowest BCUT2D eigenvalue weighted by Gasteiger charge is -2.19. The number of fused-ring (bicyclic) bond motifs is 5. The number of hydrogen-bond donors (Lipinski definition) is 2. The molecular formula is C27H23F3N2O. The molecule has 1 aliphatic heterocycles. The van der Waals surface area contributed by atoms with Crippen molar-refractivity contribution < 1.29 is 18.0 Å². The number of hydrogen-bond acceptors (Lipinski definition) is 1. The molecule has 1 amide bonds. The zero-order chi connectivity index (χ0) is 23.5. The first kappa shape index (κ1) is 21.3. The quantitative estimate of drug-likeness (QED) is 0.315. The third-order valence-electron chi connectivity index (χ3n) is 6.22. The second-order valence-electron chi connectivity index (χ2n) is 9.55. The van der Waals surface area contributed by atoms with Crippen molar-refractivity contribution in [1.29, 1.82) is 0 Å². The molecule has 0 spiro atoms. The standard InChI is InChI=1S/C27H23F3N2O/c1-26(2,3)18-9-11-22-19(13-18)20-14-24(33)31-23-10-6-16(12-21(23)25(20)32-22)15-4-7-17(8-5-15)27(28,29)30/h4-13,32H,14H2,1-3H3,(H,31,33). The number of nitrogens with one attached hydrogen (secondary N) is 2. The van der Waals surface area contributed by atoms with Crippen molar-refractivity contribution in [3.8, 4) is 22.4 Å². The van der Waals surface area contributed by atoms with Gasteiger partial charge in [-0.3, -0.25) is 4.79 Å². The first-order valence-corrected chi connectivity index (χ1v) is 10.8. The molecule has 6 heteroatoms. The predicted octanol–water partition coefficient (Wildman–Crippen LogP) is 7.31. The normalized spacial score (nSPS) is 13.9.